The molecule has 2 aromatic heterocycles. The fraction of sp³-hybridized carbons (Fsp3) is 0.667. The zero-order valence-electron chi connectivity index (χ0n) is 8.97. The van der Waals surface area contributed by atoms with Crippen molar-refractivity contribution in [1.29, 1.82) is 0 Å². The first-order chi connectivity index (χ1) is 7.24. The fourth-order valence-corrected chi connectivity index (χ4v) is 2.40. The second-order valence-corrected chi connectivity index (χ2v) is 4.75. The van der Waals surface area contributed by atoms with E-state index in [2.05, 4.69) is 29.1 Å². The summed E-state index contributed by atoms with van der Waals surface area (Å²) in [6.45, 7) is 4.88. The highest BCUT2D eigenvalue weighted by molar-refractivity contribution is 7.16. The van der Waals surface area contributed by atoms with Gasteiger partial charge in [-0.25, -0.2) is 0 Å². The van der Waals surface area contributed by atoms with Gasteiger partial charge in [0.25, 0.3) is 0 Å². The molecule has 0 amide bonds. The average Bonchev–Trinajstić information content (AvgIpc) is 2.76. The third-order valence-corrected chi connectivity index (χ3v) is 3.26. The van der Waals surface area contributed by atoms with Crippen LogP contribution in [0.2, 0.25) is 0 Å². The van der Waals surface area contributed by atoms with E-state index in [0.29, 0.717) is 12.5 Å². The lowest BCUT2D eigenvalue weighted by Crippen LogP contribution is -2.13. The molecule has 1 unspecified atom stereocenters. The van der Waals surface area contributed by atoms with Crippen molar-refractivity contribution in [1.82, 2.24) is 19.8 Å². The molecule has 2 heterocycles. The lowest BCUT2D eigenvalue weighted by Gasteiger charge is -2.03. The Morgan fingerprint density at radius 2 is 2.27 bits per heavy atom. The van der Waals surface area contributed by atoms with Crippen molar-refractivity contribution in [3.8, 4) is 0 Å². The van der Waals surface area contributed by atoms with E-state index in [1.165, 1.54) is 0 Å². The van der Waals surface area contributed by atoms with E-state index in [4.69, 9.17) is 5.73 Å². The summed E-state index contributed by atoms with van der Waals surface area (Å²) in [5.41, 5.74) is 5.59. The molecule has 0 fully saturated rings. The van der Waals surface area contributed by atoms with Crippen LogP contribution in [0, 0.1) is 5.92 Å². The van der Waals surface area contributed by atoms with Crippen LogP contribution < -0.4 is 5.73 Å². The number of nitrogens with two attached hydrogens (primary N) is 1. The van der Waals surface area contributed by atoms with Crippen molar-refractivity contribution < 1.29 is 0 Å². The van der Waals surface area contributed by atoms with Gasteiger partial charge in [-0.15, -0.1) is 10.2 Å². The summed E-state index contributed by atoms with van der Waals surface area (Å²) in [6.07, 6.45) is 1.78. The van der Waals surface area contributed by atoms with Gasteiger partial charge in [-0.1, -0.05) is 25.2 Å². The van der Waals surface area contributed by atoms with E-state index in [1.54, 1.807) is 11.3 Å². The Balaban J connectivity index is 2.27. The van der Waals surface area contributed by atoms with Crippen LogP contribution in [-0.4, -0.2) is 26.4 Å². The number of aryl methyl sites for hydroxylation is 1. The summed E-state index contributed by atoms with van der Waals surface area (Å²) in [4.78, 5) is 0.881. The predicted molar refractivity (Wildman–Crippen MR) is 60.0 cm³/mol. The van der Waals surface area contributed by atoms with E-state index in [0.717, 1.165) is 28.6 Å². The fourth-order valence-electron chi connectivity index (χ4n) is 1.38. The molecule has 0 radical (unpaired) electrons. The summed E-state index contributed by atoms with van der Waals surface area (Å²) >= 11 is 1.60. The molecule has 0 saturated carbocycles. The van der Waals surface area contributed by atoms with Gasteiger partial charge in [-0.3, -0.25) is 0 Å². The van der Waals surface area contributed by atoms with Crippen molar-refractivity contribution in [3.05, 3.63) is 10.8 Å². The number of hydrogen-bond acceptors (Lipinski definition) is 5. The standard InChI is InChI=1S/C9H15N5S/c1-3-7-11-12-9-14(7)13-8(15-9)4-6(2)5-10/h6H,3-5,10H2,1-2H3. The topological polar surface area (TPSA) is 69.1 Å². The maximum atomic E-state index is 5.59. The molecule has 2 N–H and O–H groups in total. The first-order valence-electron chi connectivity index (χ1n) is 5.14. The van der Waals surface area contributed by atoms with Gasteiger partial charge in [-0.2, -0.15) is 9.61 Å². The predicted octanol–water partition coefficient (Wildman–Crippen LogP) is 0.885. The molecule has 0 aliphatic heterocycles. The van der Waals surface area contributed by atoms with Crippen LogP contribution in [0.25, 0.3) is 4.96 Å². The molecule has 2 rings (SSSR count). The van der Waals surface area contributed by atoms with Crippen LogP contribution in [0.15, 0.2) is 0 Å². The minimum atomic E-state index is 0.471. The molecule has 0 spiro atoms. The Bertz CT molecular complexity index is 446. The molecule has 0 aromatic carbocycles. The number of nitrogens with zero attached hydrogens (tertiary/aromatic N) is 4. The van der Waals surface area contributed by atoms with E-state index in [-0.39, 0.29) is 0 Å². The SMILES string of the molecule is CCc1nnc2sc(CC(C)CN)nn12. The van der Waals surface area contributed by atoms with E-state index < -0.39 is 0 Å². The van der Waals surface area contributed by atoms with Gasteiger partial charge in [0.1, 0.15) is 5.01 Å². The third kappa shape index (κ3) is 2.00. The van der Waals surface area contributed by atoms with Gasteiger partial charge >= 0.3 is 0 Å². The number of fused-ring (bicyclic) bond motifs is 1. The van der Waals surface area contributed by atoms with Crippen LogP contribution in [0.1, 0.15) is 24.7 Å². The van der Waals surface area contributed by atoms with Crippen molar-refractivity contribution in [2.24, 2.45) is 11.7 Å². The lowest BCUT2D eigenvalue weighted by atomic mass is 10.1. The molecule has 0 saturated heterocycles. The zero-order chi connectivity index (χ0) is 10.8. The van der Waals surface area contributed by atoms with Gasteiger partial charge in [-0.05, 0) is 12.5 Å². The lowest BCUT2D eigenvalue weighted by molar-refractivity contribution is 0.585. The van der Waals surface area contributed by atoms with Crippen LogP contribution in [0.4, 0.5) is 0 Å². The monoisotopic (exact) mass is 225 g/mol. The molecular formula is C9H15N5S. The summed E-state index contributed by atoms with van der Waals surface area (Å²) < 4.78 is 1.84. The highest BCUT2D eigenvalue weighted by Gasteiger charge is 2.11. The number of aromatic nitrogens is 4. The molecule has 82 valence electrons. The molecule has 1 atom stereocenters. The Morgan fingerprint density at radius 1 is 1.47 bits per heavy atom. The molecule has 0 aliphatic rings. The second-order valence-electron chi connectivity index (χ2n) is 3.70. The van der Waals surface area contributed by atoms with Crippen LogP contribution >= 0.6 is 11.3 Å². The molecule has 6 heteroatoms. The van der Waals surface area contributed by atoms with Crippen LogP contribution in [0.5, 0.6) is 0 Å². The maximum absolute atomic E-state index is 5.59. The van der Waals surface area contributed by atoms with Crippen molar-refractivity contribution in [3.63, 3.8) is 0 Å². The summed E-state index contributed by atoms with van der Waals surface area (Å²) in [6, 6.07) is 0. The smallest absolute Gasteiger partial charge is 0.234 e. The minimum absolute atomic E-state index is 0.471. The van der Waals surface area contributed by atoms with E-state index in [1.807, 2.05) is 4.52 Å². The molecule has 15 heavy (non-hydrogen) atoms. The zero-order valence-corrected chi connectivity index (χ0v) is 9.79. The quantitative estimate of drug-likeness (QED) is 0.839. The normalized spacial score (nSPS) is 13.5. The number of rotatable bonds is 4. The first kappa shape index (κ1) is 10.5. The Morgan fingerprint density at radius 3 is 2.93 bits per heavy atom. The molecular weight excluding hydrogens is 210 g/mol. The van der Waals surface area contributed by atoms with Crippen LogP contribution in [-0.2, 0) is 12.8 Å². The Kier molecular flexibility index (Phi) is 2.97. The average molecular weight is 225 g/mol. The van der Waals surface area contributed by atoms with Crippen LogP contribution in [0.3, 0.4) is 0 Å². The molecule has 0 bridgehead atoms. The van der Waals surface area contributed by atoms with Gasteiger partial charge in [0.15, 0.2) is 5.82 Å². The molecule has 0 aliphatic carbocycles. The highest BCUT2D eigenvalue weighted by Crippen LogP contribution is 2.17. The molecule has 5 nitrogen and oxygen atoms in total. The minimum Gasteiger partial charge on any atom is -0.330 e. The van der Waals surface area contributed by atoms with Crippen molar-refractivity contribution >= 4 is 16.3 Å². The largest absolute Gasteiger partial charge is 0.330 e. The van der Waals surface area contributed by atoms with Gasteiger partial charge in [0, 0.05) is 12.8 Å². The van der Waals surface area contributed by atoms with Crippen molar-refractivity contribution in [2.75, 3.05) is 6.54 Å². The van der Waals surface area contributed by atoms with Crippen molar-refractivity contribution in [2.45, 2.75) is 26.7 Å². The second kappa shape index (κ2) is 4.24. The maximum Gasteiger partial charge on any atom is 0.234 e. The Labute approximate surface area is 92.3 Å². The van der Waals surface area contributed by atoms with Gasteiger partial charge in [0.05, 0.1) is 0 Å². The van der Waals surface area contributed by atoms with Gasteiger partial charge in [0.2, 0.25) is 4.96 Å². The summed E-state index contributed by atoms with van der Waals surface area (Å²) in [5.74, 6) is 1.40. The summed E-state index contributed by atoms with van der Waals surface area (Å²) in [5, 5.41) is 13.7. The van der Waals surface area contributed by atoms with Gasteiger partial charge < -0.3 is 5.73 Å². The summed E-state index contributed by atoms with van der Waals surface area (Å²) in [7, 11) is 0. The number of hydrogen-bond donors (Lipinski definition) is 1. The van der Waals surface area contributed by atoms with E-state index >= 15 is 0 Å². The molecule has 2 aromatic rings. The highest BCUT2D eigenvalue weighted by atomic mass is 32.1. The third-order valence-electron chi connectivity index (χ3n) is 2.34. The first-order valence-corrected chi connectivity index (χ1v) is 5.96. The Hall–Kier alpha value is -1.01. The van der Waals surface area contributed by atoms with E-state index in [9.17, 15) is 0 Å².